The van der Waals surface area contributed by atoms with Crippen molar-refractivity contribution in [3.05, 3.63) is 0 Å². The summed E-state index contributed by atoms with van der Waals surface area (Å²) in [6.07, 6.45) is 2.13. The second-order valence-corrected chi connectivity index (χ2v) is 7.38. The van der Waals surface area contributed by atoms with Crippen LogP contribution < -0.4 is 0 Å². The summed E-state index contributed by atoms with van der Waals surface area (Å²) in [6, 6.07) is 0. The van der Waals surface area contributed by atoms with E-state index in [1.807, 2.05) is 41.5 Å². The Bertz CT molecular complexity index is 214. The van der Waals surface area contributed by atoms with Crippen LogP contribution in [0.1, 0.15) is 74.7 Å². The molecule has 0 aliphatic carbocycles. The van der Waals surface area contributed by atoms with Gasteiger partial charge >= 0.3 is 9.05 Å². The molecule has 0 bridgehead atoms. The zero-order valence-electron chi connectivity index (χ0n) is 16.5. The molecule has 0 spiro atoms. The molecule has 0 aromatic carbocycles. The third-order valence-electron chi connectivity index (χ3n) is 2.78. The van der Waals surface area contributed by atoms with Gasteiger partial charge in [-0.05, 0) is 53.9 Å². The second-order valence-electron chi connectivity index (χ2n) is 5.63. The predicted molar refractivity (Wildman–Crippen MR) is 95.1 cm³/mol. The van der Waals surface area contributed by atoms with Gasteiger partial charge in [0.05, 0.1) is 0 Å². The van der Waals surface area contributed by atoms with Gasteiger partial charge < -0.3 is 34.1 Å². The third-order valence-corrected chi connectivity index (χ3v) is 4.88. The van der Waals surface area contributed by atoms with Gasteiger partial charge in [0, 0.05) is 46.1 Å². The minimum atomic E-state index is -3.50. The van der Waals surface area contributed by atoms with Crippen molar-refractivity contribution in [3.8, 4) is 0 Å². The van der Waals surface area contributed by atoms with Crippen molar-refractivity contribution in [3.63, 3.8) is 0 Å². The van der Waals surface area contributed by atoms with E-state index in [2.05, 4.69) is 0 Å². The van der Waals surface area contributed by atoms with Gasteiger partial charge in [-0.1, -0.05) is 20.8 Å². The van der Waals surface area contributed by atoms with E-state index >= 15 is 0 Å². The summed E-state index contributed by atoms with van der Waals surface area (Å²) in [5, 5.41) is 8.06. The van der Waals surface area contributed by atoms with E-state index in [1.165, 1.54) is 0 Å². The minimum Gasteiger partial charge on any atom is -0.412 e. The topological polar surface area (TPSA) is 131 Å². The van der Waals surface area contributed by atoms with Gasteiger partial charge in [0.25, 0.3) is 0 Å². The Hall–Kier alpha value is 0.651. The van der Waals surface area contributed by atoms with Crippen LogP contribution in [-0.2, 0) is 35.0 Å². The van der Waals surface area contributed by atoms with Crippen LogP contribution in [-0.4, -0.2) is 54.3 Å². The van der Waals surface area contributed by atoms with Crippen LogP contribution in [0.3, 0.4) is 0 Å². The van der Waals surface area contributed by atoms with E-state index in [0.29, 0.717) is 0 Å². The van der Waals surface area contributed by atoms with Crippen molar-refractivity contribution >= 4 is 9.05 Å². The van der Waals surface area contributed by atoms with Crippen LogP contribution in [0.15, 0.2) is 0 Å². The van der Waals surface area contributed by atoms with Gasteiger partial charge in [-0.25, -0.2) is 0 Å². The third kappa shape index (κ3) is 22.7. The van der Waals surface area contributed by atoms with Gasteiger partial charge in [0.2, 0.25) is 0 Å². The molecule has 9 heteroatoms. The zero-order valence-corrected chi connectivity index (χ0v) is 19.1. The largest absolute Gasteiger partial charge is 0.677 e. The molecule has 0 aliphatic rings. The Labute approximate surface area is 164 Å². The van der Waals surface area contributed by atoms with Crippen LogP contribution >= 0.6 is 0 Å². The van der Waals surface area contributed by atoms with E-state index < -0.39 is 9.05 Å². The number of rotatable bonds is 9. The number of hydrogen-bond acceptors (Lipinski definition) is 5. The van der Waals surface area contributed by atoms with Crippen molar-refractivity contribution in [1.82, 2.24) is 0 Å². The molecule has 0 aliphatic heterocycles. The van der Waals surface area contributed by atoms with Crippen LogP contribution in [0.5, 0.6) is 0 Å². The summed E-state index contributed by atoms with van der Waals surface area (Å²) in [5.41, 5.74) is 0. The standard InChI is InChI=1S/C12H28O4Si.C3H8O.2H2O.Ti/c1-7-10(4)14-17(13,15-11(5)8-2)16-12(6)9-3;1-3(2)4;;;/h10-13H,7-9H2,1-6H3;3-4H,1-2H3;2*1H2;. The van der Waals surface area contributed by atoms with Crippen molar-refractivity contribution in [1.29, 1.82) is 0 Å². The second kappa shape index (κ2) is 20.0. The molecule has 0 aromatic rings. The SMILES string of the molecule is CC(C)O.CCC(C)O[Si](O)(OC(C)CC)OC(C)CC.O.O.[Ti]. The molecular weight excluding hydrogens is 368 g/mol. The molecule has 0 fully saturated rings. The molecule has 150 valence electrons. The van der Waals surface area contributed by atoms with Crippen LogP contribution in [0.2, 0.25) is 0 Å². The molecule has 0 saturated heterocycles. The maximum Gasteiger partial charge on any atom is 0.677 e. The summed E-state index contributed by atoms with van der Waals surface area (Å²) in [6.45, 7) is 15.2. The fraction of sp³-hybridized carbons (Fsp3) is 1.00. The molecule has 0 amide bonds. The van der Waals surface area contributed by atoms with Crippen molar-refractivity contribution in [2.45, 2.75) is 99.1 Å². The van der Waals surface area contributed by atoms with Crippen LogP contribution in [0, 0.1) is 0 Å². The molecule has 0 saturated carbocycles. The quantitative estimate of drug-likeness (QED) is 0.560. The predicted octanol–water partition coefficient (Wildman–Crippen LogP) is 1.59. The zero-order chi connectivity index (χ0) is 17.1. The number of aliphatic hydroxyl groups excluding tert-OH is 1. The van der Waals surface area contributed by atoms with Crippen molar-refractivity contribution < 1.29 is 55.9 Å². The summed E-state index contributed by atoms with van der Waals surface area (Å²) < 4.78 is 16.7. The Morgan fingerprint density at radius 3 is 1.00 bits per heavy atom. The maximum absolute atomic E-state index is 10.4. The molecule has 7 nitrogen and oxygen atoms in total. The molecule has 0 rings (SSSR count). The van der Waals surface area contributed by atoms with Gasteiger partial charge in [0.1, 0.15) is 0 Å². The molecular formula is C15H40O7SiTi. The molecule has 0 heterocycles. The average molecular weight is 408 g/mol. The summed E-state index contributed by atoms with van der Waals surface area (Å²) in [4.78, 5) is 10.4. The minimum absolute atomic E-state index is 0. The Kier molecular flexibility index (Phi) is 29.7. The Balaban J connectivity index is -0.000000154. The number of aliphatic hydroxyl groups is 1. The van der Waals surface area contributed by atoms with Crippen molar-refractivity contribution in [2.75, 3.05) is 0 Å². The first-order chi connectivity index (χ1) is 9.60. The fourth-order valence-corrected chi connectivity index (χ4v) is 3.29. The van der Waals surface area contributed by atoms with Gasteiger partial charge in [-0.2, -0.15) is 0 Å². The van der Waals surface area contributed by atoms with E-state index in [-0.39, 0.29) is 57.1 Å². The first kappa shape index (κ1) is 35.7. The van der Waals surface area contributed by atoms with Crippen LogP contribution in [0.4, 0.5) is 0 Å². The van der Waals surface area contributed by atoms with Gasteiger partial charge in [0.15, 0.2) is 0 Å². The summed E-state index contributed by atoms with van der Waals surface area (Å²) in [7, 11) is -3.50. The summed E-state index contributed by atoms with van der Waals surface area (Å²) in [5.74, 6) is 0. The summed E-state index contributed by atoms with van der Waals surface area (Å²) >= 11 is 0. The molecule has 0 aromatic heterocycles. The molecule has 24 heavy (non-hydrogen) atoms. The van der Waals surface area contributed by atoms with Gasteiger partial charge in [-0.3, -0.25) is 0 Å². The van der Waals surface area contributed by atoms with E-state index in [9.17, 15) is 4.80 Å². The molecule has 3 atom stereocenters. The fourth-order valence-electron chi connectivity index (χ4n) is 1.10. The molecule has 6 N–H and O–H groups in total. The van der Waals surface area contributed by atoms with Crippen LogP contribution in [0.25, 0.3) is 0 Å². The average Bonchev–Trinajstić information content (AvgIpc) is 2.36. The number of hydrogen-bond donors (Lipinski definition) is 2. The van der Waals surface area contributed by atoms with E-state index in [1.54, 1.807) is 13.8 Å². The monoisotopic (exact) mass is 408 g/mol. The first-order valence-corrected chi connectivity index (χ1v) is 9.71. The van der Waals surface area contributed by atoms with E-state index in [4.69, 9.17) is 18.4 Å². The van der Waals surface area contributed by atoms with E-state index in [0.717, 1.165) is 19.3 Å². The Morgan fingerprint density at radius 1 is 0.708 bits per heavy atom. The van der Waals surface area contributed by atoms with Gasteiger partial charge in [-0.15, -0.1) is 0 Å². The maximum atomic E-state index is 10.4. The Morgan fingerprint density at radius 2 is 0.875 bits per heavy atom. The first-order valence-electron chi connectivity index (χ1n) is 8.03. The smallest absolute Gasteiger partial charge is 0.412 e. The molecule has 0 radical (unpaired) electrons. The normalized spacial score (nSPS) is 16.1. The van der Waals surface area contributed by atoms with Crippen molar-refractivity contribution in [2.24, 2.45) is 0 Å². The molecule has 3 unspecified atom stereocenters.